The molecule has 1 aromatic rings. The van der Waals surface area contributed by atoms with Gasteiger partial charge in [-0.3, -0.25) is 0 Å². The topological polar surface area (TPSA) is 70.3 Å². The zero-order valence-electron chi connectivity index (χ0n) is 7.48. The number of hydrogen-bond donors (Lipinski definition) is 1. The predicted molar refractivity (Wildman–Crippen MR) is 53.5 cm³/mol. The molecular formula is C10H6ClNO3. The molecule has 0 saturated carbocycles. The molecule has 0 bridgehead atoms. The van der Waals surface area contributed by atoms with E-state index in [1.54, 1.807) is 30.3 Å². The Kier molecular flexibility index (Phi) is 3.72. The highest BCUT2D eigenvalue weighted by Gasteiger charge is 2.16. The minimum absolute atomic E-state index is 0.107. The Hall–Kier alpha value is -1.99. The van der Waals surface area contributed by atoms with Crippen molar-refractivity contribution in [2.24, 2.45) is 0 Å². The number of carbonyl (C=O) groups is 1. The zero-order valence-corrected chi connectivity index (χ0v) is 8.23. The van der Waals surface area contributed by atoms with Crippen LogP contribution < -0.4 is 0 Å². The number of nitriles is 1. The number of aliphatic carboxylic acids is 1. The van der Waals surface area contributed by atoms with E-state index in [1.807, 2.05) is 0 Å². The number of hydrogen-bond acceptors (Lipinski definition) is 3. The summed E-state index contributed by atoms with van der Waals surface area (Å²) in [6.45, 7) is 0. The normalized spacial score (nSPS) is 11.2. The molecule has 0 atom stereocenters. The lowest BCUT2D eigenvalue weighted by Gasteiger charge is -2.02. The second kappa shape index (κ2) is 5.03. The Balaban J connectivity index is 3.17. The molecule has 1 rings (SSSR count). The van der Waals surface area contributed by atoms with Crippen molar-refractivity contribution in [3.8, 4) is 6.26 Å². The van der Waals surface area contributed by atoms with Crippen molar-refractivity contribution in [2.75, 3.05) is 0 Å². The van der Waals surface area contributed by atoms with Gasteiger partial charge in [-0.25, -0.2) is 4.79 Å². The monoisotopic (exact) mass is 223 g/mol. The van der Waals surface area contributed by atoms with Gasteiger partial charge in [-0.1, -0.05) is 41.9 Å². The van der Waals surface area contributed by atoms with E-state index < -0.39 is 11.7 Å². The first-order chi connectivity index (χ1) is 7.16. The first-order valence-corrected chi connectivity index (χ1v) is 4.29. The van der Waals surface area contributed by atoms with Crippen molar-refractivity contribution >= 4 is 22.6 Å². The molecule has 15 heavy (non-hydrogen) atoms. The first kappa shape index (κ1) is 11.1. The third kappa shape index (κ3) is 2.73. The van der Waals surface area contributed by atoms with Gasteiger partial charge < -0.3 is 9.84 Å². The third-order valence-electron chi connectivity index (χ3n) is 1.57. The number of halogens is 1. The van der Waals surface area contributed by atoms with Crippen molar-refractivity contribution in [1.82, 2.24) is 0 Å². The maximum Gasteiger partial charge on any atom is 0.374 e. The van der Waals surface area contributed by atoms with Crippen LogP contribution in [0.3, 0.4) is 0 Å². The lowest BCUT2D eigenvalue weighted by molar-refractivity contribution is -0.135. The highest BCUT2D eigenvalue weighted by Crippen LogP contribution is 2.23. The highest BCUT2D eigenvalue weighted by molar-refractivity contribution is 6.50. The summed E-state index contributed by atoms with van der Waals surface area (Å²) in [4.78, 5) is 10.7. The zero-order chi connectivity index (χ0) is 11.3. The van der Waals surface area contributed by atoms with Crippen LogP contribution in [0.15, 0.2) is 36.1 Å². The SMILES string of the molecule is N#COC(C(=O)O)=C(Cl)c1ccccc1. The van der Waals surface area contributed by atoms with Crippen molar-refractivity contribution in [3.05, 3.63) is 41.7 Å². The molecule has 0 aromatic heterocycles. The molecule has 0 spiro atoms. The van der Waals surface area contributed by atoms with E-state index in [0.29, 0.717) is 5.56 Å². The Bertz CT molecular complexity index is 434. The van der Waals surface area contributed by atoms with Crippen LogP contribution in [0.4, 0.5) is 0 Å². The van der Waals surface area contributed by atoms with Gasteiger partial charge in [0.05, 0.1) is 5.03 Å². The number of carboxylic acids is 1. The molecule has 0 heterocycles. The maximum absolute atomic E-state index is 10.7. The van der Waals surface area contributed by atoms with Crippen LogP contribution in [0, 0.1) is 11.5 Å². The van der Waals surface area contributed by atoms with Gasteiger partial charge in [0.2, 0.25) is 5.76 Å². The molecule has 5 heteroatoms. The Morgan fingerprint density at radius 3 is 2.47 bits per heavy atom. The van der Waals surface area contributed by atoms with E-state index in [2.05, 4.69) is 4.74 Å². The fourth-order valence-electron chi connectivity index (χ4n) is 0.944. The molecule has 1 N–H and O–H groups in total. The van der Waals surface area contributed by atoms with Crippen molar-refractivity contribution < 1.29 is 14.6 Å². The summed E-state index contributed by atoms with van der Waals surface area (Å²) in [7, 11) is 0. The molecule has 0 aliphatic rings. The van der Waals surface area contributed by atoms with Crippen LogP contribution in [0.5, 0.6) is 0 Å². The third-order valence-corrected chi connectivity index (χ3v) is 1.96. The minimum Gasteiger partial charge on any atom is -0.475 e. The van der Waals surface area contributed by atoms with Gasteiger partial charge in [0.15, 0.2) is 0 Å². The fraction of sp³-hybridized carbons (Fsp3) is 0. The minimum atomic E-state index is -1.38. The van der Waals surface area contributed by atoms with Crippen LogP contribution in [-0.2, 0) is 9.53 Å². The molecule has 0 aliphatic carbocycles. The summed E-state index contributed by atoms with van der Waals surface area (Å²) in [6.07, 6.45) is 1.28. The molecule has 0 saturated heterocycles. The predicted octanol–water partition coefficient (Wildman–Crippen LogP) is 2.18. The van der Waals surface area contributed by atoms with Crippen molar-refractivity contribution in [3.63, 3.8) is 0 Å². The lowest BCUT2D eigenvalue weighted by Crippen LogP contribution is -2.03. The molecule has 0 fully saturated rings. The Labute approximate surface area is 91.0 Å². The van der Waals surface area contributed by atoms with Crippen LogP contribution in [-0.4, -0.2) is 11.1 Å². The first-order valence-electron chi connectivity index (χ1n) is 3.91. The summed E-state index contributed by atoms with van der Waals surface area (Å²) >= 11 is 5.77. The van der Waals surface area contributed by atoms with E-state index in [0.717, 1.165) is 0 Å². The van der Waals surface area contributed by atoms with Gasteiger partial charge in [-0.2, -0.15) is 0 Å². The van der Waals surface area contributed by atoms with Gasteiger partial charge in [0.25, 0.3) is 6.26 Å². The van der Waals surface area contributed by atoms with Gasteiger partial charge in [-0.15, -0.1) is 5.26 Å². The van der Waals surface area contributed by atoms with Crippen molar-refractivity contribution in [2.45, 2.75) is 0 Å². The average Bonchev–Trinajstić information content (AvgIpc) is 2.26. The van der Waals surface area contributed by atoms with E-state index in [4.69, 9.17) is 22.0 Å². The second-order valence-corrected chi connectivity index (χ2v) is 2.89. The quantitative estimate of drug-likeness (QED) is 0.484. The van der Waals surface area contributed by atoms with Crippen molar-refractivity contribution in [1.29, 1.82) is 5.26 Å². The standard InChI is InChI=1S/C10H6ClNO3/c11-8(7-4-2-1-3-5-7)9(10(13)14)15-6-12/h1-5H,(H,13,14). The molecule has 1 aromatic carbocycles. The summed E-state index contributed by atoms with van der Waals surface area (Å²) in [5.74, 6) is -1.96. The average molecular weight is 224 g/mol. The second-order valence-electron chi connectivity index (χ2n) is 2.51. The summed E-state index contributed by atoms with van der Waals surface area (Å²) in [6, 6.07) is 8.39. The summed E-state index contributed by atoms with van der Waals surface area (Å²) in [5.41, 5.74) is 0.479. The van der Waals surface area contributed by atoms with Gasteiger partial charge >= 0.3 is 5.97 Å². The number of nitrogens with zero attached hydrogens (tertiary/aromatic N) is 1. The molecule has 0 amide bonds. The van der Waals surface area contributed by atoms with Gasteiger partial charge in [0, 0.05) is 0 Å². The molecule has 4 nitrogen and oxygen atoms in total. The molecule has 0 unspecified atom stereocenters. The van der Waals surface area contributed by atoms with E-state index in [1.165, 1.54) is 6.26 Å². The van der Waals surface area contributed by atoms with Crippen LogP contribution in [0.25, 0.3) is 5.03 Å². The largest absolute Gasteiger partial charge is 0.475 e. The number of benzene rings is 1. The molecule has 76 valence electrons. The highest BCUT2D eigenvalue weighted by atomic mass is 35.5. The van der Waals surface area contributed by atoms with Crippen LogP contribution >= 0.6 is 11.6 Å². The van der Waals surface area contributed by atoms with E-state index >= 15 is 0 Å². The van der Waals surface area contributed by atoms with E-state index in [-0.39, 0.29) is 5.03 Å². The van der Waals surface area contributed by atoms with Crippen LogP contribution in [0.1, 0.15) is 5.56 Å². The smallest absolute Gasteiger partial charge is 0.374 e. The van der Waals surface area contributed by atoms with Gasteiger partial charge in [-0.05, 0) is 5.56 Å². The number of carboxylic acid groups (broad SMARTS) is 1. The Morgan fingerprint density at radius 1 is 1.40 bits per heavy atom. The van der Waals surface area contributed by atoms with Gasteiger partial charge in [0.1, 0.15) is 0 Å². The Morgan fingerprint density at radius 2 is 2.00 bits per heavy atom. The summed E-state index contributed by atoms with van der Waals surface area (Å²) in [5, 5.41) is 16.9. The molecule has 0 radical (unpaired) electrons. The lowest BCUT2D eigenvalue weighted by atomic mass is 10.2. The summed E-state index contributed by atoms with van der Waals surface area (Å²) < 4.78 is 4.27. The van der Waals surface area contributed by atoms with Crippen LogP contribution in [0.2, 0.25) is 0 Å². The maximum atomic E-state index is 10.7. The molecular weight excluding hydrogens is 218 g/mol. The number of rotatable bonds is 3. The molecule has 0 aliphatic heterocycles. The van der Waals surface area contributed by atoms with E-state index in [9.17, 15) is 4.79 Å². The number of ether oxygens (including phenoxy) is 1. The fourth-order valence-corrected chi connectivity index (χ4v) is 1.19.